The standard InChI is InChI=1S/C11H16ClN3O3/c1-16-7-4-3-5-8(6-7)18-11-14-9(12)13-10(15-11)17-2/h7-8H,3-6H2,1-2H3. The van der Waals surface area contributed by atoms with E-state index in [-0.39, 0.29) is 29.5 Å². The lowest BCUT2D eigenvalue weighted by atomic mass is 9.95. The van der Waals surface area contributed by atoms with Crippen LogP contribution in [-0.4, -0.2) is 41.4 Å². The summed E-state index contributed by atoms with van der Waals surface area (Å²) in [4.78, 5) is 11.7. The molecule has 2 unspecified atom stereocenters. The second-order valence-electron chi connectivity index (χ2n) is 4.14. The van der Waals surface area contributed by atoms with Crippen LogP contribution in [0.2, 0.25) is 5.28 Å². The highest BCUT2D eigenvalue weighted by Gasteiger charge is 2.24. The van der Waals surface area contributed by atoms with E-state index in [2.05, 4.69) is 15.0 Å². The van der Waals surface area contributed by atoms with Crippen molar-refractivity contribution in [3.05, 3.63) is 5.28 Å². The molecule has 0 bridgehead atoms. The molecule has 6 nitrogen and oxygen atoms in total. The summed E-state index contributed by atoms with van der Waals surface area (Å²) in [5.41, 5.74) is 0. The number of ether oxygens (including phenoxy) is 3. The molecule has 0 aliphatic heterocycles. The number of hydrogen-bond donors (Lipinski definition) is 0. The molecule has 0 radical (unpaired) electrons. The number of nitrogens with zero attached hydrogens (tertiary/aromatic N) is 3. The first-order valence-corrected chi connectivity index (χ1v) is 6.24. The lowest BCUT2D eigenvalue weighted by Gasteiger charge is -2.27. The van der Waals surface area contributed by atoms with E-state index < -0.39 is 0 Å². The van der Waals surface area contributed by atoms with Crippen LogP contribution in [0.1, 0.15) is 25.7 Å². The fourth-order valence-electron chi connectivity index (χ4n) is 2.03. The maximum absolute atomic E-state index is 5.76. The van der Waals surface area contributed by atoms with E-state index in [0.717, 1.165) is 25.7 Å². The maximum Gasteiger partial charge on any atom is 0.324 e. The van der Waals surface area contributed by atoms with Crippen LogP contribution in [0, 0.1) is 0 Å². The van der Waals surface area contributed by atoms with E-state index in [9.17, 15) is 0 Å². The number of rotatable bonds is 4. The van der Waals surface area contributed by atoms with Gasteiger partial charge in [0.25, 0.3) is 0 Å². The SMILES string of the molecule is COc1nc(Cl)nc(OC2CCCC(OC)C2)n1. The van der Waals surface area contributed by atoms with Crippen LogP contribution in [0.4, 0.5) is 0 Å². The highest BCUT2D eigenvalue weighted by atomic mass is 35.5. The predicted octanol–water partition coefficient (Wildman–Crippen LogP) is 1.87. The molecule has 1 saturated carbocycles. The molecule has 0 amide bonds. The molecule has 2 rings (SSSR count). The number of aromatic nitrogens is 3. The van der Waals surface area contributed by atoms with Gasteiger partial charge in [-0.05, 0) is 30.9 Å². The Balaban J connectivity index is 2.02. The van der Waals surface area contributed by atoms with Gasteiger partial charge in [0.1, 0.15) is 6.10 Å². The summed E-state index contributed by atoms with van der Waals surface area (Å²) in [6.45, 7) is 0. The Bertz CT molecular complexity index is 405. The summed E-state index contributed by atoms with van der Waals surface area (Å²) in [7, 11) is 3.19. The average molecular weight is 274 g/mol. The fraction of sp³-hybridized carbons (Fsp3) is 0.727. The molecule has 1 aromatic rings. The first-order chi connectivity index (χ1) is 8.71. The highest BCUT2D eigenvalue weighted by Crippen LogP contribution is 2.24. The molecule has 1 aliphatic carbocycles. The van der Waals surface area contributed by atoms with Crippen molar-refractivity contribution in [2.24, 2.45) is 0 Å². The summed E-state index contributed by atoms with van der Waals surface area (Å²) in [5.74, 6) is 0. The van der Waals surface area contributed by atoms with E-state index in [1.54, 1.807) is 7.11 Å². The maximum atomic E-state index is 5.76. The molecule has 1 heterocycles. The second kappa shape index (κ2) is 6.15. The van der Waals surface area contributed by atoms with Crippen LogP contribution < -0.4 is 9.47 Å². The Morgan fingerprint density at radius 1 is 1.06 bits per heavy atom. The summed E-state index contributed by atoms with van der Waals surface area (Å²) in [6, 6.07) is 0.359. The molecule has 100 valence electrons. The Kier molecular flexibility index (Phi) is 4.54. The van der Waals surface area contributed by atoms with Gasteiger partial charge in [0.15, 0.2) is 0 Å². The van der Waals surface area contributed by atoms with Gasteiger partial charge in [0.2, 0.25) is 5.28 Å². The fourth-order valence-corrected chi connectivity index (χ4v) is 2.18. The van der Waals surface area contributed by atoms with Gasteiger partial charge in [0.05, 0.1) is 13.2 Å². The zero-order chi connectivity index (χ0) is 13.0. The van der Waals surface area contributed by atoms with Crippen molar-refractivity contribution < 1.29 is 14.2 Å². The summed E-state index contributed by atoms with van der Waals surface area (Å²) >= 11 is 5.76. The number of methoxy groups -OCH3 is 2. The van der Waals surface area contributed by atoms with Crippen molar-refractivity contribution >= 4 is 11.6 Å². The Morgan fingerprint density at radius 2 is 1.78 bits per heavy atom. The van der Waals surface area contributed by atoms with Crippen LogP contribution >= 0.6 is 11.6 Å². The first kappa shape index (κ1) is 13.3. The summed E-state index contributed by atoms with van der Waals surface area (Å²) in [6.07, 6.45) is 4.22. The molecule has 0 spiro atoms. The van der Waals surface area contributed by atoms with Crippen LogP contribution in [-0.2, 0) is 4.74 Å². The lowest BCUT2D eigenvalue weighted by Crippen LogP contribution is -2.30. The molecule has 0 N–H and O–H groups in total. The Labute approximate surface area is 111 Å². The monoisotopic (exact) mass is 273 g/mol. The van der Waals surface area contributed by atoms with E-state index in [1.807, 2.05) is 0 Å². The van der Waals surface area contributed by atoms with E-state index >= 15 is 0 Å². The van der Waals surface area contributed by atoms with Crippen LogP contribution in [0.5, 0.6) is 12.0 Å². The zero-order valence-electron chi connectivity index (χ0n) is 10.4. The van der Waals surface area contributed by atoms with Crippen molar-refractivity contribution in [1.82, 2.24) is 15.0 Å². The number of halogens is 1. The molecule has 18 heavy (non-hydrogen) atoms. The van der Waals surface area contributed by atoms with Gasteiger partial charge < -0.3 is 14.2 Å². The van der Waals surface area contributed by atoms with Crippen LogP contribution in [0.3, 0.4) is 0 Å². The quantitative estimate of drug-likeness (QED) is 0.834. The Morgan fingerprint density at radius 3 is 2.50 bits per heavy atom. The van der Waals surface area contributed by atoms with Gasteiger partial charge in [-0.3, -0.25) is 0 Å². The normalized spacial score (nSPS) is 23.7. The summed E-state index contributed by atoms with van der Waals surface area (Å²) in [5, 5.41) is 0.0657. The van der Waals surface area contributed by atoms with Crippen molar-refractivity contribution in [2.75, 3.05) is 14.2 Å². The van der Waals surface area contributed by atoms with Crippen molar-refractivity contribution in [2.45, 2.75) is 37.9 Å². The third-order valence-corrected chi connectivity index (χ3v) is 3.10. The van der Waals surface area contributed by atoms with Crippen LogP contribution in [0.15, 0.2) is 0 Å². The van der Waals surface area contributed by atoms with E-state index in [1.165, 1.54) is 7.11 Å². The molecule has 1 fully saturated rings. The minimum Gasteiger partial charge on any atom is -0.467 e. The Hall–Kier alpha value is -1.14. The zero-order valence-corrected chi connectivity index (χ0v) is 11.2. The van der Waals surface area contributed by atoms with E-state index in [0.29, 0.717) is 0 Å². The van der Waals surface area contributed by atoms with Gasteiger partial charge in [-0.1, -0.05) is 0 Å². The van der Waals surface area contributed by atoms with Crippen molar-refractivity contribution in [3.8, 4) is 12.0 Å². The third kappa shape index (κ3) is 3.43. The second-order valence-corrected chi connectivity index (χ2v) is 4.48. The molecule has 2 atom stereocenters. The van der Waals surface area contributed by atoms with Gasteiger partial charge in [-0.2, -0.15) is 9.97 Å². The molecular weight excluding hydrogens is 258 g/mol. The van der Waals surface area contributed by atoms with Gasteiger partial charge in [0, 0.05) is 13.5 Å². The molecule has 0 aromatic carbocycles. The minimum atomic E-state index is 0.0480. The topological polar surface area (TPSA) is 66.4 Å². The third-order valence-electron chi connectivity index (χ3n) is 2.93. The first-order valence-electron chi connectivity index (χ1n) is 5.86. The van der Waals surface area contributed by atoms with Crippen LogP contribution in [0.25, 0.3) is 0 Å². The van der Waals surface area contributed by atoms with Crippen molar-refractivity contribution in [1.29, 1.82) is 0 Å². The summed E-state index contributed by atoms with van der Waals surface area (Å²) < 4.78 is 16.0. The lowest BCUT2D eigenvalue weighted by molar-refractivity contribution is 0.0176. The predicted molar refractivity (Wildman–Crippen MR) is 65.1 cm³/mol. The molecule has 0 saturated heterocycles. The molecule has 7 heteroatoms. The molecule has 1 aromatic heterocycles. The largest absolute Gasteiger partial charge is 0.467 e. The molecular formula is C11H16ClN3O3. The minimum absolute atomic E-state index is 0.0480. The van der Waals surface area contributed by atoms with Gasteiger partial charge >= 0.3 is 12.0 Å². The van der Waals surface area contributed by atoms with Crippen molar-refractivity contribution in [3.63, 3.8) is 0 Å². The molecule has 1 aliphatic rings. The smallest absolute Gasteiger partial charge is 0.324 e. The number of hydrogen-bond acceptors (Lipinski definition) is 6. The van der Waals surface area contributed by atoms with E-state index in [4.69, 9.17) is 25.8 Å². The van der Waals surface area contributed by atoms with Gasteiger partial charge in [-0.25, -0.2) is 0 Å². The van der Waals surface area contributed by atoms with Gasteiger partial charge in [-0.15, -0.1) is 4.98 Å². The highest BCUT2D eigenvalue weighted by molar-refractivity contribution is 6.28. The average Bonchev–Trinajstić information content (AvgIpc) is 2.38.